The number of halogens is 1. The van der Waals surface area contributed by atoms with Crippen LogP contribution >= 0.6 is 11.6 Å². The maximum atomic E-state index is 6.42. The molecule has 188 valence electrons. The Morgan fingerprint density at radius 2 is 1.67 bits per heavy atom. The lowest BCUT2D eigenvalue weighted by atomic mass is 9.84. The summed E-state index contributed by atoms with van der Waals surface area (Å²) >= 11 is 6.42. The predicted molar refractivity (Wildman–Crippen MR) is 160 cm³/mol. The Labute approximate surface area is 224 Å². The van der Waals surface area contributed by atoms with Crippen LogP contribution in [0.4, 0.5) is 0 Å². The van der Waals surface area contributed by atoms with Gasteiger partial charge in [-0.25, -0.2) is 0 Å². The molecule has 0 aliphatic heterocycles. The van der Waals surface area contributed by atoms with E-state index in [2.05, 4.69) is 94.9 Å². The first-order valence-electron chi connectivity index (χ1n) is 13.9. The number of hydrogen-bond acceptors (Lipinski definition) is 0. The lowest BCUT2D eigenvalue weighted by Gasteiger charge is -2.20. The van der Waals surface area contributed by atoms with E-state index in [9.17, 15) is 0 Å². The summed E-state index contributed by atoms with van der Waals surface area (Å²) in [5, 5.41) is 0.819. The Bertz CT molecular complexity index is 1240. The highest BCUT2D eigenvalue weighted by Crippen LogP contribution is 2.42. The molecule has 0 saturated carbocycles. The number of benzene rings is 3. The van der Waals surface area contributed by atoms with Gasteiger partial charge in [-0.2, -0.15) is 0 Å². The third-order valence-electron chi connectivity index (χ3n) is 7.86. The molecule has 0 heterocycles. The van der Waals surface area contributed by atoms with Crippen molar-refractivity contribution in [3.05, 3.63) is 111 Å². The maximum absolute atomic E-state index is 6.42. The largest absolute Gasteiger partial charge is 0.0955 e. The molecule has 1 aliphatic carbocycles. The van der Waals surface area contributed by atoms with Gasteiger partial charge in [-0.05, 0) is 107 Å². The van der Waals surface area contributed by atoms with Crippen molar-refractivity contribution in [1.82, 2.24) is 0 Å². The van der Waals surface area contributed by atoms with Gasteiger partial charge >= 0.3 is 0 Å². The fourth-order valence-corrected chi connectivity index (χ4v) is 6.00. The lowest BCUT2D eigenvalue weighted by Crippen LogP contribution is -2.03. The summed E-state index contributed by atoms with van der Waals surface area (Å²) in [4.78, 5) is 0. The molecule has 1 atom stereocenters. The topological polar surface area (TPSA) is 0 Å². The quantitative estimate of drug-likeness (QED) is 0.276. The summed E-state index contributed by atoms with van der Waals surface area (Å²) in [6.45, 7) is 13.1. The second-order valence-electron chi connectivity index (χ2n) is 10.5. The van der Waals surface area contributed by atoms with Crippen molar-refractivity contribution in [1.29, 1.82) is 0 Å². The molecule has 1 unspecified atom stereocenters. The molecule has 0 aromatic heterocycles. The van der Waals surface area contributed by atoms with Gasteiger partial charge in [0.1, 0.15) is 0 Å². The van der Waals surface area contributed by atoms with E-state index in [1.165, 1.54) is 75.8 Å². The number of allylic oxidation sites excluding steroid dienone is 2. The van der Waals surface area contributed by atoms with Crippen molar-refractivity contribution in [3.63, 3.8) is 0 Å². The van der Waals surface area contributed by atoms with Gasteiger partial charge in [0.15, 0.2) is 0 Å². The molecular weight excluding hydrogens is 456 g/mol. The van der Waals surface area contributed by atoms with Crippen molar-refractivity contribution in [2.24, 2.45) is 5.92 Å². The summed E-state index contributed by atoms with van der Waals surface area (Å²) in [6, 6.07) is 22.9. The molecule has 1 aliphatic rings. The Balaban J connectivity index is 1.88. The van der Waals surface area contributed by atoms with Crippen molar-refractivity contribution < 1.29 is 0 Å². The molecule has 0 radical (unpaired) electrons. The average molecular weight is 497 g/mol. The van der Waals surface area contributed by atoms with Crippen LogP contribution in [0.25, 0.3) is 16.7 Å². The zero-order valence-corrected chi connectivity index (χ0v) is 23.3. The smallest absolute Gasteiger partial charge is 0.0409 e. The third kappa shape index (κ3) is 5.87. The summed E-state index contributed by atoms with van der Waals surface area (Å²) in [5.74, 6) is 0.774. The Morgan fingerprint density at radius 3 is 2.33 bits per heavy atom. The summed E-state index contributed by atoms with van der Waals surface area (Å²) in [5.41, 5.74) is 13.5. The van der Waals surface area contributed by atoms with Crippen LogP contribution in [-0.4, -0.2) is 0 Å². The monoisotopic (exact) mass is 496 g/mol. The minimum Gasteiger partial charge on any atom is -0.0955 e. The maximum Gasteiger partial charge on any atom is 0.0409 e. The lowest BCUT2D eigenvalue weighted by molar-refractivity contribution is 0.462. The predicted octanol–water partition coefficient (Wildman–Crippen LogP) is 10.6. The van der Waals surface area contributed by atoms with E-state index in [1.807, 2.05) is 0 Å². The molecule has 0 N–H and O–H groups in total. The molecule has 1 heteroatoms. The van der Waals surface area contributed by atoms with Crippen molar-refractivity contribution >= 4 is 28.3 Å². The zero-order valence-electron chi connectivity index (χ0n) is 22.6. The molecule has 0 bridgehead atoms. The van der Waals surface area contributed by atoms with Crippen LogP contribution in [0.15, 0.2) is 67.2 Å². The van der Waals surface area contributed by atoms with Gasteiger partial charge < -0.3 is 0 Å². The summed E-state index contributed by atoms with van der Waals surface area (Å²) in [6.07, 6.45) is 9.27. The average Bonchev–Trinajstić information content (AvgIpc) is 3.07. The van der Waals surface area contributed by atoms with Gasteiger partial charge in [0.2, 0.25) is 0 Å². The van der Waals surface area contributed by atoms with E-state index < -0.39 is 0 Å². The van der Waals surface area contributed by atoms with Crippen LogP contribution in [0.5, 0.6) is 0 Å². The first-order valence-corrected chi connectivity index (χ1v) is 14.2. The van der Waals surface area contributed by atoms with Crippen molar-refractivity contribution in [3.8, 4) is 0 Å². The number of fused-ring (bicyclic) bond motifs is 1. The summed E-state index contributed by atoms with van der Waals surface area (Å²) in [7, 11) is 0. The Kier molecular flexibility index (Phi) is 8.91. The van der Waals surface area contributed by atoms with Crippen LogP contribution in [0, 0.1) is 5.92 Å². The van der Waals surface area contributed by atoms with E-state index in [-0.39, 0.29) is 0 Å². The van der Waals surface area contributed by atoms with Gasteiger partial charge in [0, 0.05) is 5.02 Å². The van der Waals surface area contributed by atoms with Gasteiger partial charge in [-0.1, -0.05) is 112 Å². The fourth-order valence-electron chi connectivity index (χ4n) is 5.80. The first kappa shape index (κ1) is 26.5. The molecule has 0 amide bonds. The molecule has 36 heavy (non-hydrogen) atoms. The van der Waals surface area contributed by atoms with Crippen LogP contribution in [0.3, 0.4) is 0 Å². The normalized spacial score (nSPS) is 14.4. The standard InChI is InChI=1S/C35H41Cl/c1-6-10-25(7-2)21-26-13-15-28(16-14-26)35-33-19-17-29(24(4)5)22-30(33)11-9-12-34(35)32-20-18-31(36)23-27(32)8-3/h13-20,22-23,25H,4,6-12,21H2,1-3,5H3. The van der Waals surface area contributed by atoms with Gasteiger partial charge in [-0.3, -0.25) is 0 Å². The molecule has 0 spiro atoms. The second kappa shape index (κ2) is 12.1. The van der Waals surface area contributed by atoms with E-state index in [0.717, 1.165) is 42.2 Å². The Morgan fingerprint density at radius 1 is 0.917 bits per heavy atom. The number of rotatable bonds is 9. The fraction of sp³-hybridized carbons (Fsp3) is 0.371. The zero-order chi connectivity index (χ0) is 25.7. The number of aryl methyl sites for hydroxylation is 2. The van der Waals surface area contributed by atoms with E-state index in [4.69, 9.17) is 11.6 Å². The molecule has 3 aromatic rings. The van der Waals surface area contributed by atoms with E-state index in [0.29, 0.717) is 0 Å². The van der Waals surface area contributed by atoms with E-state index in [1.54, 1.807) is 0 Å². The minimum absolute atomic E-state index is 0.774. The highest BCUT2D eigenvalue weighted by atomic mass is 35.5. The van der Waals surface area contributed by atoms with Crippen LogP contribution in [0.2, 0.25) is 5.02 Å². The summed E-state index contributed by atoms with van der Waals surface area (Å²) < 4.78 is 0. The molecule has 3 aromatic carbocycles. The highest BCUT2D eigenvalue weighted by molar-refractivity contribution is 6.30. The first-order chi connectivity index (χ1) is 17.4. The van der Waals surface area contributed by atoms with E-state index >= 15 is 0 Å². The Hall–Kier alpha value is -2.57. The van der Waals surface area contributed by atoms with Gasteiger partial charge in [0.25, 0.3) is 0 Å². The highest BCUT2D eigenvalue weighted by Gasteiger charge is 2.22. The molecule has 0 nitrogen and oxygen atoms in total. The van der Waals surface area contributed by atoms with Crippen LogP contribution in [0.1, 0.15) is 98.7 Å². The third-order valence-corrected chi connectivity index (χ3v) is 8.09. The van der Waals surface area contributed by atoms with Crippen molar-refractivity contribution in [2.75, 3.05) is 0 Å². The van der Waals surface area contributed by atoms with Gasteiger partial charge in [-0.15, -0.1) is 0 Å². The van der Waals surface area contributed by atoms with Crippen molar-refractivity contribution in [2.45, 2.75) is 79.1 Å². The minimum atomic E-state index is 0.774. The SMILES string of the molecule is C=C(C)c1ccc2c(c1)CCCC(c1ccc(Cl)cc1CC)=C2c1ccc(CC(CC)CCC)cc1. The molecular formula is C35H41Cl. The molecule has 4 rings (SSSR count). The molecule has 0 fully saturated rings. The molecule has 0 saturated heterocycles. The van der Waals surface area contributed by atoms with Crippen LogP contribution in [-0.2, 0) is 19.3 Å². The van der Waals surface area contributed by atoms with Crippen LogP contribution < -0.4 is 0 Å². The van der Waals surface area contributed by atoms with Gasteiger partial charge in [0.05, 0.1) is 0 Å². The number of hydrogen-bond donors (Lipinski definition) is 0. The second-order valence-corrected chi connectivity index (χ2v) is 10.9.